The van der Waals surface area contributed by atoms with E-state index in [1.807, 2.05) is 60.5 Å². The highest BCUT2D eigenvalue weighted by Gasteiger charge is 2.44. The van der Waals surface area contributed by atoms with Gasteiger partial charge in [-0.15, -0.1) is 0 Å². The lowest BCUT2D eigenvalue weighted by molar-refractivity contribution is -0.0947. The zero-order valence-electron chi connectivity index (χ0n) is 18.0. The van der Waals surface area contributed by atoms with Gasteiger partial charge in [-0.2, -0.15) is 5.10 Å². The van der Waals surface area contributed by atoms with Crippen LogP contribution in [0.5, 0.6) is 5.75 Å². The molecule has 1 aromatic heterocycles. The predicted molar refractivity (Wildman–Crippen MR) is 118 cm³/mol. The Morgan fingerprint density at radius 2 is 1.87 bits per heavy atom. The molecular formula is C25H27N3O3. The van der Waals surface area contributed by atoms with Crippen LogP contribution in [0, 0.1) is 0 Å². The molecule has 2 aliphatic heterocycles. The molecule has 160 valence electrons. The van der Waals surface area contributed by atoms with Crippen LogP contribution < -0.4 is 4.74 Å². The average molecular weight is 418 g/mol. The molecule has 31 heavy (non-hydrogen) atoms. The summed E-state index contributed by atoms with van der Waals surface area (Å²) in [5, 5.41) is 4.56. The van der Waals surface area contributed by atoms with Crippen molar-refractivity contribution in [1.29, 1.82) is 0 Å². The number of likely N-dealkylation sites (tertiary alicyclic amines) is 1. The third-order valence-electron chi connectivity index (χ3n) is 6.56. The lowest BCUT2D eigenvalue weighted by Gasteiger charge is -2.45. The molecular weight excluding hydrogens is 390 g/mol. The van der Waals surface area contributed by atoms with Crippen molar-refractivity contribution in [3.05, 3.63) is 71.4 Å². The van der Waals surface area contributed by atoms with Crippen molar-refractivity contribution >= 4 is 5.91 Å². The van der Waals surface area contributed by atoms with Crippen molar-refractivity contribution in [3.63, 3.8) is 0 Å². The van der Waals surface area contributed by atoms with Crippen molar-refractivity contribution in [1.82, 2.24) is 14.7 Å². The Morgan fingerprint density at radius 3 is 2.61 bits per heavy atom. The number of amides is 1. The normalized spacial score (nSPS) is 17.4. The maximum atomic E-state index is 13.3. The van der Waals surface area contributed by atoms with E-state index in [1.54, 1.807) is 11.8 Å². The van der Waals surface area contributed by atoms with Crippen LogP contribution in [0.3, 0.4) is 0 Å². The van der Waals surface area contributed by atoms with Crippen LogP contribution in [0.2, 0.25) is 0 Å². The number of hydrogen-bond acceptors (Lipinski definition) is 4. The van der Waals surface area contributed by atoms with Crippen molar-refractivity contribution in [2.45, 2.75) is 24.9 Å². The summed E-state index contributed by atoms with van der Waals surface area (Å²) in [7, 11) is 3.54. The molecule has 2 aromatic carbocycles. The zero-order chi connectivity index (χ0) is 21.4. The summed E-state index contributed by atoms with van der Waals surface area (Å²) in [5.74, 6) is 0.902. The molecule has 0 radical (unpaired) electrons. The Labute approximate surface area is 182 Å². The molecule has 1 spiro atoms. The van der Waals surface area contributed by atoms with E-state index < -0.39 is 0 Å². The molecule has 0 N–H and O–H groups in total. The van der Waals surface area contributed by atoms with Crippen molar-refractivity contribution in [2.24, 2.45) is 7.05 Å². The van der Waals surface area contributed by atoms with E-state index in [1.165, 1.54) is 11.1 Å². The number of ether oxygens (including phenoxy) is 2. The van der Waals surface area contributed by atoms with Crippen LogP contribution in [0.4, 0.5) is 0 Å². The molecule has 6 nitrogen and oxygen atoms in total. The quantitative estimate of drug-likeness (QED) is 0.651. The minimum absolute atomic E-state index is 0.0168. The van der Waals surface area contributed by atoms with E-state index in [4.69, 9.17) is 9.47 Å². The molecule has 0 aliphatic carbocycles. The van der Waals surface area contributed by atoms with Crippen molar-refractivity contribution < 1.29 is 14.3 Å². The average Bonchev–Trinajstić information content (AvgIpc) is 3.21. The van der Waals surface area contributed by atoms with Gasteiger partial charge in [0.05, 0.1) is 19.4 Å². The Morgan fingerprint density at radius 1 is 1.10 bits per heavy atom. The first-order valence-electron chi connectivity index (χ1n) is 10.8. The molecule has 0 atom stereocenters. The maximum Gasteiger partial charge on any atom is 0.272 e. The summed E-state index contributed by atoms with van der Waals surface area (Å²) in [6.45, 7) is 1.99. The minimum atomic E-state index is -0.376. The number of aromatic nitrogens is 2. The van der Waals surface area contributed by atoms with Crippen molar-refractivity contribution in [3.8, 4) is 17.0 Å². The summed E-state index contributed by atoms with van der Waals surface area (Å²) in [5.41, 5.74) is 4.52. The first kappa shape index (κ1) is 19.8. The van der Waals surface area contributed by atoms with Crippen LogP contribution in [-0.2, 0) is 23.8 Å². The van der Waals surface area contributed by atoms with Gasteiger partial charge >= 0.3 is 0 Å². The number of benzene rings is 2. The zero-order valence-corrected chi connectivity index (χ0v) is 18.0. The van der Waals surface area contributed by atoms with Gasteiger partial charge in [0.15, 0.2) is 0 Å². The van der Waals surface area contributed by atoms with Gasteiger partial charge in [-0.25, -0.2) is 0 Å². The van der Waals surface area contributed by atoms with E-state index >= 15 is 0 Å². The molecule has 0 unspecified atom stereocenters. The first-order chi connectivity index (χ1) is 15.1. The van der Waals surface area contributed by atoms with Gasteiger partial charge in [0.2, 0.25) is 0 Å². The minimum Gasteiger partial charge on any atom is -0.496 e. The molecule has 0 bridgehead atoms. The molecule has 1 saturated heterocycles. The third-order valence-corrected chi connectivity index (χ3v) is 6.56. The molecule has 3 heterocycles. The van der Waals surface area contributed by atoms with Crippen LogP contribution in [0.15, 0.2) is 54.6 Å². The number of hydrogen-bond donors (Lipinski definition) is 0. The first-order valence-corrected chi connectivity index (χ1v) is 10.8. The molecule has 3 aromatic rings. The lowest BCUT2D eigenvalue weighted by Crippen LogP contribution is -2.48. The van der Waals surface area contributed by atoms with Gasteiger partial charge in [0, 0.05) is 31.3 Å². The number of methoxy groups -OCH3 is 1. The highest BCUT2D eigenvalue weighted by Crippen LogP contribution is 2.45. The van der Waals surface area contributed by atoms with Crippen LogP contribution in [-0.4, -0.2) is 47.4 Å². The van der Waals surface area contributed by atoms with Gasteiger partial charge in [-0.1, -0.05) is 42.5 Å². The van der Waals surface area contributed by atoms with E-state index in [0.717, 1.165) is 36.3 Å². The molecule has 2 aliphatic rings. The van der Waals surface area contributed by atoms with E-state index in [9.17, 15) is 4.79 Å². The SMILES string of the molecule is COc1cccc2c1C1(CCN(C(=O)c3cc(-c4ccccc4)nn3C)CC1)OCC2. The van der Waals surface area contributed by atoms with Gasteiger partial charge in [0.1, 0.15) is 17.0 Å². The Kier molecular flexibility index (Phi) is 5.02. The molecule has 1 fully saturated rings. The van der Waals surface area contributed by atoms with E-state index in [-0.39, 0.29) is 11.5 Å². The second-order valence-corrected chi connectivity index (χ2v) is 8.28. The largest absolute Gasteiger partial charge is 0.496 e. The molecule has 0 saturated carbocycles. The Balaban J connectivity index is 1.37. The fourth-order valence-electron chi connectivity index (χ4n) is 4.95. The smallest absolute Gasteiger partial charge is 0.272 e. The Hall–Kier alpha value is -3.12. The molecule has 6 heteroatoms. The van der Waals surface area contributed by atoms with E-state index in [2.05, 4.69) is 11.2 Å². The summed E-state index contributed by atoms with van der Waals surface area (Å²) in [4.78, 5) is 15.2. The van der Waals surface area contributed by atoms with Crippen LogP contribution >= 0.6 is 0 Å². The number of carbonyl (C=O) groups excluding carboxylic acids is 1. The second-order valence-electron chi connectivity index (χ2n) is 8.28. The monoisotopic (exact) mass is 417 g/mol. The van der Waals surface area contributed by atoms with E-state index in [0.29, 0.717) is 25.4 Å². The fourth-order valence-corrected chi connectivity index (χ4v) is 4.95. The standard InChI is InChI=1S/C25H27N3O3/c1-27-21(17-20(26-27)18-7-4-3-5-8-18)24(29)28-14-12-25(13-15-28)23-19(11-16-31-25)9-6-10-22(23)30-2/h3-10,17H,11-16H2,1-2H3. The Bertz CT molecular complexity index is 1080. The highest BCUT2D eigenvalue weighted by molar-refractivity contribution is 5.93. The maximum absolute atomic E-state index is 13.3. The number of piperidine rings is 1. The number of nitrogens with zero attached hydrogens (tertiary/aromatic N) is 3. The third kappa shape index (κ3) is 3.41. The topological polar surface area (TPSA) is 56.6 Å². The van der Waals surface area contributed by atoms with Gasteiger partial charge in [0.25, 0.3) is 5.91 Å². The number of rotatable bonds is 3. The summed E-state index contributed by atoms with van der Waals surface area (Å²) >= 11 is 0. The van der Waals surface area contributed by atoms with Gasteiger partial charge in [-0.05, 0) is 37.0 Å². The highest BCUT2D eigenvalue weighted by atomic mass is 16.5. The summed E-state index contributed by atoms with van der Waals surface area (Å²) in [6.07, 6.45) is 2.42. The number of aryl methyl sites for hydroxylation is 1. The fraction of sp³-hybridized carbons (Fsp3) is 0.360. The number of fused-ring (bicyclic) bond motifs is 2. The van der Waals surface area contributed by atoms with Crippen LogP contribution in [0.25, 0.3) is 11.3 Å². The molecule has 5 rings (SSSR count). The van der Waals surface area contributed by atoms with Gasteiger partial charge in [-0.3, -0.25) is 9.48 Å². The van der Waals surface area contributed by atoms with Crippen LogP contribution in [0.1, 0.15) is 34.5 Å². The number of carbonyl (C=O) groups is 1. The predicted octanol–water partition coefficient (Wildman–Crippen LogP) is 3.80. The van der Waals surface area contributed by atoms with Crippen molar-refractivity contribution in [2.75, 3.05) is 26.8 Å². The van der Waals surface area contributed by atoms with Gasteiger partial charge < -0.3 is 14.4 Å². The second kappa shape index (κ2) is 7.85. The summed E-state index contributed by atoms with van der Waals surface area (Å²) < 4.78 is 13.7. The summed E-state index contributed by atoms with van der Waals surface area (Å²) in [6, 6.07) is 18.0. The molecule has 1 amide bonds. The lowest BCUT2D eigenvalue weighted by atomic mass is 9.78.